The Labute approximate surface area is 128 Å². The highest BCUT2D eigenvalue weighted by atomic mass is 35.7. The van der Waals surface area contributed by atoms with Crippen LogP contribution in [0.15, 0.2) is 29.2 Å². The maximum atomic E-state index is 11.8. The zero-order valence-electron chi connectivity index (χ0n) is 12.1. The van der Waals surface area contributed by atoms with Gasteiger partial charge in [0.05, 0.1) is 24.2 Å². The lowest BCUT2D eigenvalue weighted by molar-refractivity contribution is 0.414. The first-order valence-corrected chi connectivity index (χ1v) is 8.93. The molecule has 1 aromatic carbocycles. The highest BCUT2D eigenvalue weighted by Gasteiger charge is 2.26. The first kappa shape index (κ1) is 15.9. The molecule has 0 saturated heterocycles. The summed E-state index contributed by atoms with van der Waals surface area (Å²) < 4.78 is 30.5. The Kier molecular flexibility index (Phi) is 4.58. The molecule has 0 amide bonds. The molecule has 2 rings (SSSR count). The van der Waals surface area contributed by atoms with Crippen molar-refractivity contribution in [2.24, 2.45) is 0 Å². The molecule has 0 aliphatic carbocycles. The number of hydrogen-bond donors (Lipinski definition) is 0. The van der Waals surface area contributed by atoms with Gasteiger partial charge in [-0.15, -0.1) is 0 Å². The van der Waals surface area contributed by atoms with Gasteiger partial charge in [0.2, 0.25) is 0 Å². The molecule has 0 unspecified atom stereocenters. The first-order chi connectivity index (χ1) is 9.92. The summed E-state index contributed by atoms with van der Waals surface area (Å²) in [6, 6.07) is 7.29. The Morgan fingerprint density at radius 3 is 2.52 bits per heavy atom. The number of aryl methyl sites for hydroxylation is 1. The fourth-order valence-electron chi connectivity index (χ4n) is 2.27. The molecule has 0 spiro atoms. The van der Waals surface area contributed by atoms with E-state index in [9.17, 15) is 8.42 Å². The number of benzene rings is 1. The van der Waals surface area contributed by atoms with Gasteiger partial charge in [0, 0.05) is 16.7 Å². The standard InChI is InChI=1S/C14H17ClN2O3S/c1-4-12-14(21(15,18)19)13(5-2)17(16-12)10-7-6-8-11(9-10)20-3/h6-9H,4-5H2,1-3H3. The second kappa shape index (κ2) is 6.07. The molecule has 0 saturated carbocycles. The van der Waals surface area contributed by atoms with Gasteiger partial charge in [0.15, 0.2) is 0 Å². The van der Waals surface area contributed by atoms with E-state index in [-0.39, 0.29) is 4.90 Å². The molecular formula is C14H17ClN2O3S. The molecule has 0 aliphatic rings. The van der Waals surface area contributed by atoms with Crippen LogP contribution in [0.1, 0.15) is 25.2 Å². The van der Waals surface area contributed by atoms with Gasteiger partial charge in [0.1, 0.15) is 10.6 Å². The minimum Gasteiger partial charge on any atom is -0.497 e. The highest BCUT2D eigenvalue weighted by molar-refractivity contribution is 8.13. The average molecular weight is 329 g/mol. The van der Waals surface area contributed by atoms with E-state index >= 15 is 0 Å². The minimum atomic E-state index is -3.83. The minimum absolute atomic E-state index is 0.122. The fraction of sp³-hybridized carbons (Fsp3) is 0.357. The van der Waals surface area contributed by atoms with E-state index in [1.165, 1.54) is 0 Å². The largest absolute Gasteiger partial charge is 0.497 e. The Balaban J connectivity index is 2.72. The van der Waals surface area contributed by atoms with Gasteiger partial charge < -0.3 is 4.74 Å². The van der Waals surface area contributed by atoms with E-state index in [4.69, 9.17) is 15.4 Å². The van der Waals surface area contributed by atoms with Crippen LogP contribution in [0, 0.1) is 0 Å². The number of ether oxygens (including phenoxy) is 1. The van der Waals surface area contributed by atoms with Crippen molar-refractivity contribution in [3.63, 3.8) is 0 Å². The smallest absolute Gasteiger partial charge is 0.265 e. The van der Waals surface area contributed by atoms with Crippen LogP contribution in [0.5, 0.6) is 5.75 Å². The molecule has 1 heterocycles. The van der Waals surface area contributed by atoms with E-state index in [0.717, 1.165) is 5.69 Å². The first-order valence-electron chi connectivity index (χ1n) is 6.62. The molecule has 114 valence electrons. The lowest BCUT2D eigenvalue weighted by Gasteiger charge is -2.08. The summed E-state index contributed by atoms with van der Waals surface area (Å²) in [6.07, 6.45) is 0.997. The second-order valence-electron chi connectivity index (χ2n) is 4.48. The van der Waals surface area contributed by atoms with Gasteiger partial charge in [-0.1, -0.05) is 19.9 Å². The zero-order chi connectivity index (χ0) is 15.6. The van der Waals surface area contributed by atoms with Crippen molar-refractivity contribution in [3.8, 4) is 11.4 Å². The predicted octanol–water partition coefficient (Wildman–Crippen LogP) is 2.93. The summed E-state index contributed by atoms with van der Waals surface area (Å²) in [4.78, 5) is 0.122. The normalized spacial score (nSPS) is 11.6. The maximum absolute atomic E-state index is 11.8. The molecule has 2 aromatic rings. The number of rotatable bonds is 5. The number of methoxy groups -OCH3 is 1. The molecule has 0 bridgehead atoms. The van der Waals surface area contributed by atoms with Crippen LogP contribution in [0.25, 0.3) is 5.69 Å². The summed E-state index contributed by atoms with van der Waals surface area (Å²) in [7, 11) is 3.32. The lowest BCUT2D eigenvalue weighted by Crippen LogP contribution is -2.04. The van der Waals surface area contributed by atoms with E-state index in [1.54, 1.807) is 17.9 Å². The third-order valence-corrected chi connectivity index (χ3v) is 4.63. The second-order valence-corrected chi connectivity index (χ2v) is 6.98. The average Bonchev–Trinajstić information content (AvgIpc) is 2.86. The van der Waals surface area contributed by atoms with Crippen molar-refractivity contribution in [1.82, 2.24) is 9.78 Å². The van der Waals surface area contributed by atoms with E-state index in [2.05, 4.69) is 5.10 Å². The van der Waals surface area contributed by atoms with Gasteiger partial charge in [0.25, 0.3) is 9.05 Å². The summed E-state index contributed by atoms with van der Waals surface area (Å²) in [6.45, 7) is 3.72. The van der Waals surface area contributed by atoms with Gasteiger partial charge in [-0.25, -0.2) is 13.1 Å². The fourth-order valence-corrected chi connectivity index (χ4v) is 3.78. The molecule has 0 radical (unpaired) electrons. The Bertz CT molecular complexity index is 754. The molecular weight excluding hydrogens is 312 g/mol. The van der Waals surface area contributed by atoms with Crippen LogP contribution in [0.3, 0.4) is 0 Å². The molecule has 1 aromatic heterocycles. The van der Waals surface area contributed by atoms with E-state index < -0.39 is 9.05 Å². The number of nitrogens with zero attached hydrogens (tertiary/aromatic N) is 2. The summed E-state index contributed by atoms with van der Waals surface area (Å²) in [5, 5.41) is 4.41. The van der Waals surface area contributed by atoms with Crippen LogP contribution in [0.4, 0.5) is 0 Å². The van der Waals surface area contributed by atoms with Crippen molar-refractivity contribution in [2.45, 2.75) is 31.6 Å². The monoisotopic (exact) mass is 328 g/mol. The van der Waals surface area contributed by atoms with E-state index in [0.29, 0.717) is 30.0 Å². The molecule has 0 atom stereocenters. The van der Waals surface area contributed by atoms with Crippen LogP contribution >= 0.6 is 10.7 Å². The SMILES string of the molecule is CCc1nn(-c2cccc(OC)c2)c(CC)c1S(=O)(=O)Cl. The number of halogens is 1. The van der Waals surface area contributed by atoms with Gasteiger partial charge in [-0.2, -0.15) is 5.10 Å². The molecule has 7 heteroatoms. The van der Waals surface area contributed by atoms with Crippen molar-refractivity contribution >= 4 is 19.7 Å². The van der Waals surface area contributed by atoms with Gasteiger partial charge >= 0.3 is 0 Å². The van der Waals surface area contributed by atoms with E-state index in [1.807, 2.05) is 32.0 Å². The quantitative estimate of drug-likeness (QED) is 0.792. The summed E-state index contributed by atoms with van der Waals surface area (Å²) >= 11 is 0. The summed E-state index contributed by atoms with van der Waals surface area (Å²) in [5.74, 6) is 0.679. The lowest BCUT2D eigenvalue weighted by atomic mass is 10.2. The van der Waals surface area contributed by atoms with Crippen LogP contribution in [-0.4, -0.2) is 25.3 Å². The topological polar surface area (TPSA) is 61.2 Å². The third-order valence-electron chi connectivity index (χ3n) is 3.21. The zero-order valence-corrected chi connectivity index (χ0v) is 13.7. The predicted molar refractivity (Wildman–Crippen MR) is 81.9 cm³/mol. The number of hydrogen-bond acceptors (Lipinski definition) is 4. The van der Waals surface area contributed by atoms with Crippen molar-refractivity contribution < 1.29 is 13.2 Å². The van der Waals surface area contributed by atoms with Crippen LogP contribution in [0.2, 0.25) is 0 Å². The number of aromatic nitrogens is 2. The molecule has 5 nitrogen and oxygen atoms in total. The third kappa shape index (κ3) is 3.06. The Morgan fingerprint density at radius 1 is 1.29 bits per heavy atom. The highest BCUT2D eigenvalue weighted by Crippen LogP contribution is 2.28. The van der Waals surface area contributed by atoms with Gasteiger partial charge in [-0.05, 0) is 25.0 Å². The van der Waals surface area contributed by atoms with Crippen LogP contribution in [-0.2, 0) is 21.9 Å². The van der Waals surface area contributed by atoms with Gasteiger partial charge in [-0.3, -0.25) is 0 Å². The Hall–Kier alpha value is -1.53. The Morgan fingerprint density at radius 2 is 2.00 bits per heavy atom. The summed E-state index contributed by atoms with van der Waals surface area (Å²) in [5.41, 5.74) is 1.80. The maximum Gasteiger partial charge on any atom is 0.265 e. The molecule has 21 heavy (non-hydrogen) atoms. The molecule has 0 N–H and O–H groups in total. The van der Waals surface area contributed by atoms with Crippen molar-refractivity contribution in [2.75, 3.05) is 7.11 Å². The van der Waals surface area contributed by atoms with Crippen LogP contribution < -0.4 is 4.74 Å². The molecule has 0 fully saturated rings. The van der Waals surface area contributed by atoms with Crippen molar-refractivity contribution in [3.05, 3.63) is 35.7 Å². The van der Waals surface area contributed by atoms with Crippen molar-refractivity contribution in [1.29, 1.82) is 0 Å². The molecule has 0 aliphatic heterocycles.